The molecule has 0 saturated heterocycles. The van der Waals surface area contributed by atoms with E-state index in [-0.39, 0.29) is 34.6 Å². The molecule has 12 heteroatoms. The van der Waals surface area contributed by atoms with Crippen LogP contribution in [0.5, 0.6) is 0 Å². The summed E-state index contributed by atoms with van der Waals surface area (Å²) in [6, 6.07) is 0. The van der Waals surface area contributed by atoms with E-state index in [2.05, 4.69) is 43.7 Å². The molecule has 0 aromatic carbocycles. The highest BCUT2D eigenvalue weighted by molar-refractivity contribution is 5.67. The Balaban J connectivity index is -0.0000000166. The van der Waals surface area contributed by atoms with Gasteiger partial charge in [0, 0.05) is 19.3 Å². The van der Waals surface area contributed by atoms with Crippen molar-refractivity contribution in [1.82, 2.24) is 12.3 Å². The maximum absolute atomic E-state index is 9.87. The van der Waals surface area contributed by atoms with Crippen LogP contribution in [-0.4, -0.2) is 61.4 Å². The van der Waals surface area contributed by atoms with Gasteiger partial charge in [0.15, 0.2) is 0 Å². The molecule has 0 aliphatic rings. The fourth-order valence-corrected chi connectivity index (χ4v) is 1.58. The van der Waals surface area contributed by atoms with Crippen LogP contribution in [0, 0.1) is 0 Å². The minimum atomic E-state index is -0.682. The zero-order chi connectivity index (χ0) is 33.2. The predicted molar refractivity (Wildman–Crippen MR) is 200 cm³/mol. The van der Waals surface area contributed by atoms with Crippen LogP contribution >= 0.6 is 0 Å². The van der Waals surface area contributed by atoms with E-state index in [1.807, 2.05) is 41.5 Å². The molecule has 0 atom stereocenters. The van der Waals surface area contributed by atoms with Crippen LogP contribution in [0.4, 0.5) is 0 Å². The third-order valence-electron chi connectivity index (χ3n) is 2.98. The zero-order valence-corrected chi connectivity index (χ0v) is 29.3. The van der Waals surface area contributed by atoms with Crippen molar-refractivity contribution in [2.75, 3.05) is 28.2 Å². The molecule has 0 amide bonds. The molecule has 0 aliphatic carbocycles. The molecule has 0 aromatic rings. The van der Waals surface area contributed by atoms with Crippen molar-refractivity contribution in [3.05, 3.63) is 0 Å². The molecule has 0 unspecified atom stereocenters. The Kier molecular flexibility index (Phi) is 378. The normalized spacial score (nSPS) is 6.07. The first-order valence-corrected chi connectivity index (χ1v) is 14.3. The van der Waals surface area contributed by atoms with Gasteiger partial charge < -0.3 is 50.6 Å². The minimum Gasteiger partial charge on any atom is -0.481 e. The maximum atomic E-state index is 9.87. The van der Waals surface area contributed by atoms with Crippen LogP contribution in [0.2, 0.25) is 0 Å². The lowest BCUT2D eigenvalue weighted by atomic mass is 10.2. The van der Waals surface area contributed by atoms with Crippen molar-refractivity contribution in [3.63, 3.8) is 0 Å². The van der Waals surface area contributed by atoms with E-state index in [9.17, 15) is 14.4 Å². The van der Waals surface area contributed by atoms with Gasteiger partial charge in [0.1, 0.15) is 0 Å². The SMILES string of the molecule is C.C.C.CC.CC.CC.CCCCCC(=O)O.CCCCCC(=O)O.CCCCCC(=O)O.CN.CN.CN.CN.N.N. The molecule has 0 rings (SSSR count). The smallest absolute Gasteiger partial charge is 0.303 e. The van der Waals surface area contributed by atoms with E-state index in [0.29, 0.717) is 19.3 Å². The summed E-state index contributed by atoms with van der Waals surface area (Å²) in [5, 5.41) is 24.4. The van der Waals surface area contributed by atoms with E-state index in [1.54, 1.807) is 0 Å². The number of carboxylic acid groups (broad SMARTS) is 3. The van der Waals surface area contributed by atoms with Gasteiger partial charge in [-0.1, -0.05) is 123 Å². The van der Waals surface area contributed by atoms with Gasteiger partial charge in [0.05, 0.1) is 0 Å². The average Bonchev–Trinajstić information content (AvgIpc) is 2.97. The van der Waals surface area contributed by atoms with E-state index >= 15 is 0 Å². The van der Waals surface area contributed by atoms with Crippen LogP contribution in [0.3, 0.4) is 0 Å². The van der Waals surface area contributed by atoms with Crippen molar-refractivity contribution < 1.29 is 29.7 Å². The highest BCUT2D eigenvalue weighted by Crippen LogP contribution is 1.98. The zero-order valence-electron chi connectivity index (χ0n) is 29.3. The first-order valence-electron chi connectivity index (χ1n) is 14.3. The number of nitrogens with two attached hydrogens (primary N) is 4. The Morgan fingerprint density at radius 1 is 0.395 bits per heavy atom. The quantitative estimate of drug-likeness (QED) is 0.0902. The first kappa shape index (κ1) is 97.0. The van der Waals surface area contributed by atoms with Crippen LogP contribution in [0.25, 0.3) is 0 Å². The van der Waals surface area contributed by atoms with Crippen LogP contribution in [-0.2, 0) is 14.4 Å². The van der Waals surface area contributed by atoms with Gasteiger partial charge in [-0.25, -0.2) is 0 Å². The molecule has 0 saturated carbocycles. The standard InChI is InChI=1S/3C6H12O2.3C2H6.4CH5N.3CH4.2H3N/c3*1-2-3-4-5-6(7)8;7*1-2;;;;;/h3*2-5H2,1H3,(H,7,8);3*1-2H3;4*2H2,1H3;3*1H4;2*1H3. The van der Waals surface area contributed by atoms with Crippen LogP contribution in [0.15, 0.2) is 0 Å². The Morgan fingerprint density at radius 3 is 0.581 bits per heavy atom. The van der Waals surface area contributed by atoms with Gasteiger partial charge in [0.2, 0.25) is 0 Å². The van der Waals surface area contributed by atoms with Gasteiger partial charge in [-0.05, 0) is 47.5 Å². The lowest BCUT2D eigenvalue weighted by molar-refractivity contribution is -0.138. The molecule has 17 N–H and O–H groups in total. The summed E-state index contributed by atoms with van der Waals surface area (Å²) >= 11 is 0. The fraction of sp³-hybridized carbons (Fsp3) is 0.903. The summed E-state index contributed by atoms with van der Waals surface area (Å²) < 4.78 is 0. The molecule has 282 valence electrons. The number of aliphatic carboxylic acids is 3. The predicted octanol–water partition coefficient (Wildman–Crippen LogP) is 8.56. The minimum absolute atomic E-state index is 0. The molecular formula is C31H92N6O6. The summed E-state index contributed by atoms with van der Waals surface area (Å²) in [6.45, 7) is 18.2. The number of rotatable bonds is 12. The second-order valence-corrected chi connectivity index (χ2v) is 5.55. The fourth-order valence-electron chi connectivity index (χ4n) is 1.58. The lowest BCUT2D eigenvalue weighted by Gasteiger charge is -1.89. The first-order chi connectivity index (χ1) is 18.3. The Hall–Kier alpha value is -1.83. The molecule has 0 aromatic heterocycles. The summed E-state index contributed by atoms with van der Waals surface area (Å²) in [7, 11) is 6.00. The van der Waals surface area contributed by atoms with E-state index in [1.165, 1.54) is 28.2 Å². The molecule has 0 radical (unpaired) electrons. The van der Waals surface area contributed by atoms with Gasteiger partial charge >= 0.3 is 17.9 Å². The molecule has 0 fully saturated rings. The van der Waals surface area contributed by atoms with Crippen LogP contribution in [0.1, 0.15) is 162 Å². The van der Waals surface area contributed by atoms with Gasteiger partial charge in [-0.2, -0.15) is 0 Å². The largest absolute Gasteiger partial charge is 0.481 e. The molecule has 0 heterocycles. The Bertz CT molecular complexity index is 284. The highest BCUT2D eigenvalue weighted by atomic mass is 16.4. The molecule has 0 bridgehead atoms. The van der Waals surface area contributed by atoms with Gasteiger partial charge in [0.25, 0.3) is 0 Å². The summed E-state index contributed by atoms with van der Waals surface area (Å²) in [4.78, 5) is 29.6. The monoisotopic (exact) mass is 645 g/mol. The van der Waals surface area contributed by atoms with Crippen LogP contribution < -0.4 is 35.2 Å². The summed E-state index contributed by atoms with van der Waals surface area (Å²) in [5.74, 6) is -2.05. The second-order valence-electron chi connectivity index (χ2n) is 5.55. The van der Waals surface area contributed by atoms with Gasteiger partial charge in [-0.15, -0.1) is 0 Å². The van der Waals surface area contributed by atoms with Crippen molar-refractivity contribution in [1.29, 1.82) is 0 Å². The molecule has 12 nitrogen and oxygen atoms in total. The van der Waals surface area contributed by atoms with Gasteiger partial charge in [-0.3, -0.25) is 14.4 Å². The Labute approximate surface area is 272 Å². The Morgan fingerprint density at radius 2 is 0.512 bits per heavy atom. The third kappa shape index (κ3) is 337. The maximum Gasteiger partial charge on any atom is 0.303 e. The molecule has 0 spiro atoms. The van der Waals surface area contributed by atoms with Crippen molar-refractivity contribution >= 4 is 17.9 Å². The second kappa shape index (κ2) is 168. The summed E-state index contributed by atoms with van der Waals surface area (Å²) in [5.41, 5.74) is 18.0. The number of carbonyl (C=O) groups is 3. The number of unbranched alkanes of at least 4 members (excludes halogenated alkanes) is 6. The molecular weight excluding hydrogens is 552 g/mol. The lowest BCUT2D eigenvalue weighted by Crippen LogP contribution is -1.92. The highest BCUT2D eigenvalue weighted by Gasteiger charge is 1.94. The van der Waals surface area contributed by atoms with Crippen molar-refractivity contribution in [2.45, 2.75) is 162 Å². The number of carboxylic acids is 3. The van der Waals surface area contributed by atoms with E-state index in [4.69, 9.17) is 15.3 Å². The van der Waals surface area contributed by atoms with E-state index in [0.717, 1.165) is 57.8 Å². The molecule has 43 heavy (non-hydrogen) atoms. The van der Waals surface area contributed by atoms with Crippen molar-refractivity contribution in [3.8, 4) is 0 Å². The van der Waals surface area contributed by atoms with E-state index < -0.39 is 17.9 Å². The topological polar surface area (TPSA) is 286 Å². The average molecular weight is 645 g/mol. The molecule has 0 aliphatic heterocycles. The third-order valence-corrected chi connectivity index (χ3v) is 2.98. The number of hydrogen-bond donors (Lipinski definition) is 9. The summed E-state index contributed by atoms with van der Waals surface area (Å²) in [6.07, 6.45) is 9.83. The van der Waals surface area contributed by atoms with Crippen molar-refractivity contribution in [2.24, 2.45) is 22.9 Å². The number of hydrogen-bond acceptors (Lipinski definition) is 9.